The van der Waals surface area contributed by atoms with Crippen LogP contribution in [0.1, 0.15) is 50.9 Å². The highest BCUT2D eigenvalue weighted by atomic mass is 16.2. The van der Waals surface area contributed by atoms with Gasteiger partial charge in [-0.2, -0.15) is 0 Å². The minimum absolute atomic E-state index is 0.0734. The Hall–Kier alpha value is -1.65. The normalized spacial score (nSPS) is 19.2. The number of hydrogen-bond acceptors (Lipinski definition) is 3. The van der Waals surface area contributed by atoms with Gasteiger partial charge in [0.25, 0.3) is 0 Å². The Labute approximate surface area is 100 Å². The van der Waals surface area contributed by atoms with E-state index in [9.17, 15) is 9.59 Å². The third-order valence-electron chi connectivity index (χ3n) is 3.10. The fourth-order valence-electron chi connectivity index (χ4n) is 2.24. The molecule has 1 aromatic heterocycles. The number of aromatic nitrogens is 2. The van der Waals surface area contributed by atoms with E-state index < -0.39 is 0 Å². The summed E-state index contributed by atoms with van der Waals surface area (Å²) in [5.74, 6) is 0.544. The summed E-state index contributed by atoms with van der Waals surface area (Å²) >= 11 is 0. The van der Waals surface area contributed by atoms with Crippen LogP contribution in [-0.4, -0.2) is 26.7 Å². The number of likely N-dealkylation sites (tertiary alicyclic amines) is 1. The van der Waals surface area contributed by atoms with E-state index in [0.717, 1.165) is 12.8 Å². The van der Waals surface area contributed by atoms with Crippen LogP contribution in [0.15, 0.2) is 12.4 Å². The van der Waals surface area contributed by atoms with E-state index in [0.29, 0.717) is 25.1 Å². The predicted molar refractivity (Wildman–Crippen MR) is 61.9 cm³/mol. The van der Waals surface area contributed by atoms with Gasteiger partial charge in [-0.3, -0.25) is 14.5 Å². The highest BCUT2D eigenvalue weighted by molar-refractivity contribution is 5.96. The van der Waals surface area contributed by atoms with Gasteiger partial charge in [-0.15, -0.1) is 0 Å². The van der Waals surface area contributed by atoms with E-state index in [1.54, 1.807) is 12.4 Å². The lowest BCUT2D eigenvalue weighted by Crippen LogP contribution is -2.38. The third kappa shape index (κ3) is 2.38. The summed E-state index contributed by atoms with van der Waals surface area (Å²) in [4.78, 5) is 32.5. The molecule has 1 aliphatic heterocycles. The SMILES string of the molecule is CCC(c1ncc[nH]1)N1C(=O)CCCCC1=O. The maximum atomic E-state index is 12.0. The summed E-state index contributed by atoms with van der Waals surface area (Å²) in [6.07, 6.45) is 6.57. The second-order valence-electron chi connectivity index (χ2n) is 4.26. The van der Waals surface area contributed by atoms with Gasteiger partial charge in [-0.1, -0.05) is 6.92 Å². The molecule has 2 rings (SSSR count). The van der Waals surface area contributed by atoms with Crippen LogP contribution in [0.3, 0.4) is 0 Å². The lowest BCUT2D eigenvalue weighted by atomic mass is 10.1. The lowest BCUT2D eigenvalue weighted by Gasteiger charge is -2.26. The van der Waals surface area contributed by atoms with Crippen LogP contribution in [0.4, 0.5) is 0 Å². The Kier molecular flexibility index (Phi) is 3.56. The first-order valence-corrected chi connectivity index (χ1v) is 6.08. The molecule has 1 atom stereocenters. The molecule has 0 aromatic carbocycles. The van der Waals surface area contributed by atoms with Crippen LogP contribution < -0.4 is 0 Å². The fraction of sp³-hybridized carbons (Fsp3) is 0.583. The number of carbonyl (C=O) groups excluding carboxylic acids is 2. The van der Waals surface area contributed by atoms with Crippen LogP contribution in [0.2, 0.25) is 0 Å². The first-order chi connectivity index (χ1) is 8.24. The summed E-state index contributed by atoms with van der Waals surface area (Å²) in [7, 11) is 0. The summed E-state index contributed by atoms with van der Waals surface area (Å²) in [6.45, 7) is 1.96. The number of imide groups is 1. The number of nitrogens with one attached hydrogen (secondary N) is 1. The number of hydrogen-bond donors (Lipinski definition) is 1. The van der Waals surface area contributed by atoms with Gasteiger partial charge >= 0.3 is 0 Å². The van der Waals surface area contributed by atoms with Crippen LogP contribution in [0.25, 0.3) is 0 Å². The molecule has 2 heterocycles. The lowest BCUT2D eigenvalue weighted by molar-refractivity contribution is -0.147. The number of H-pyrrole nitrogens is 1. The minimum atomic E-state index is -0.247. The number of amides is 2. The molecular formula is C12H17N3O2. The summed E-state index contributed by atoms with van der Waals surface area (Å²) in [5.41, 5.74) is 0. The molecule has 1 N–H and O–H groups in total. The zero-order chi connectivity index (χ0) is 12.3. The van der Waals surface area contributed by atoms with E-state index in [1.807, 2.05) is 6.92 Å². The van der Waals surface area contributed by atoms with Gasteiger partial charge in [0.2, 0.25) is 11.8 Å². The predicted octanol–water partition coefficient (Wildman–Crippen LogP) is 1.79. The third-order valence-corrected chi connectivity index (χ3v) is 3.10. The van der Waals surface area contributed by atoms with Gasteiger partial charge in [0.1, 0.15) is 5.82 Å². The van der Waals surface area contributed by atoms with Gasteiger partial charge in [0.05, 0.1) is 6.04 Å². The Balaban J connectivity index is 2.27. The molecule has 0 saturated carbocycles. The molecule has 17 heavy (non-hydrogen) atoms. The van der Waals surface area contributed by atoms with Crippen molar-refractivity contribution in [1.82, 2.24) is 14.9 Å². The summed E-state index contributed by atoms with van der Waals surface area (Å²) < 4.78 is 0. The molecule has 5 nitrogen and oxygen atoms in total. The maximum Gasteiger partial charge on any atom is 0.229 e. The van der Waals surface area contributed by atoms with Gasteiger partial charge in [-0.25, -0.2) is 4.98 Å². The van der Waals surface area contributed by atoms with Gasteiger partial charge in [0, 0.05) is 25.2 Å². The van der Waals surface area contributed by atoms with Crippen molar-refractivity contribution in [2.24, 2.45) is 0 Å². The monoisotopic (exact) mass is 235 g/mol. The number of nitrogens with zero attached hydrogens (tertiary/aromatic N) is 2. The molecule has 1 saturated heterocycles. The van der Waals surface area contributed by atoms with Crippen molar-refractivity contribution in [3.05, 3.63) is 18.2 Å². The average molecular weight is 235 g/mol. The quantitative estimate of drug-likeness (QED) is 0.812. The first-order valence-electron chi connectivity index (χ1n) is 6.08. The Morgan fingerprint density at radius 2 is 2.00 bits per heavy atom. The van der Waals surface area contributed by atoms with Crippen molar-refractivity contribution in [3.8, 4) is 0 Å². The second kappa shape index (κ2) is 5.12. The van der Waals surface area contributed by atoms with Crippen molar-refractivity contribution in [2.75, 3.05) is 0 Å². The molecular weight excluding hydrogens is 218 g/mol. The van der Waals surface area contributed by atoms with Crippen molar-refractivity contribution >= 4 is 11.8 Å². The zero-order valence-electron chi connectivity index (χ0n) is 9.98. The van der Waals surface area contributed by atoms with Crippen LogP contribution in [0, 0.1) is 0 Å². The van der Waals surface area contributed by atoms with E-state index in [2.05, 4.69) is 9.97 Å². The largest absolute Gasteiger partial charge is 0.347 e. The zero-order valence-corrected chi connectivity index (χ0v) is 9.98. The Morgan fingerprint density at radius 1 is 1.35 bits per heavy atom. The smallest absolute Gasteiger partial charge is 0.229 e. The van der Waals surface area contributed by atoms with Crippen LogP contribution >= 0.6 is 0 Å². The number of carbonyl (C=O) groups is 2. The van der Waals surface area contributed by atoms with E-state index in [-0.39, 0.29) is 17.9 Å². The molecule has 1 fully saturated rings. The average Bonchev–Trinajstić information content (AvgIpc) is 2.78. The second-order valence-corrected chi connectivity index (χ2v) is 4.26. The molecule has 1 aliphatic rings. The molecule has 1 unspecified atom stereocenters. The summed E-state index contributed by atoms with van der Waals surface area (Å²) in [6, 6.07) is -0.247. The molecule has 0 bridgehead atoms. The van der Waals surface area contributed by atoms with E-state index >= 15 is 0 Å². The molecule has 0 radical (unpaired) electrons. The highest BCUT2D eigenvalue weighted by Crippen LogP contribution is 2.26. The number of aromatic amines is 1. The van der Waals surface area contributed by atoms with Crippen molar-refractivity contribution in [3.63, 3.8) is 0 Å². The van der Waals surface area contributed by atoms with Gasteiger partial charge in [-0.05, 0) is 19.3 Å². The van der Waals surface area contributed by atoms with E-state index in [4.69, 9.17) is 0 Å². The first kappa shape index (κ1) is 11.8. The maximum absolute atomic E-state index is 12.0. The van der Waals surface area contributed by atoms with Crippen molar-refractivity contribution in [1.29, 1.82) is 0 Å². The van der Waals surface area contributed by atoms with Gasteiger partial charge < -0.3 is 4.98 Å². The highest BCUT2D eigenvalue weighted by Gasteiger charge is 2.32. The molecule has 92 valence electrons. The Morgan fingerprint density at radius 3 is 2.47 bits per heavy atom. The van der Waals surface area contributed by atoms with Crippen molar-refractivity contribution < 1.29 is 9.59 Å². The molecule has 5 heteroatoms. The minimum Gasteiger partial charge on any atom is -0.347 e. The van der Waals surface area contributed by atoms with Crippen LogP contribution in [0.5, 0.6) is 0 Å². The van der Waals surface area contributed by atoms with Crippen molar-refractivity contribution in [2.45, 2.75) is 45.1 Å². The van der Waals surface area contributed by atoms with Crippen LogP contribution in [-0.2, 0) is 9.59 Å². The molecule has 0 spiro atoms. The topological polar surface area (TPSA) is 66.1 Å². The fourth-order valence-corrected chi connectivity index (χ4v) is 2.24. The molecule has 2 amide bonds. The molecule has 1 aromatic rings. The van der Waals surface area contributed by atoms with Gasteiger partial charge in [0.15, 0.2) is 0 Å². The molecule has 0 aliphatic carbocycles. The number of imidazole rings is 1. The van der Waals surface area contributed by atoms with E-state index in [1.165, 1.54) is 4.90 Å². The standard InChI is InChI=1S/C12H17N3O2/c1-2-9(12-13-7-8-14-12)15-10(16)5-3-4-6-11(15)17/h7-9H,2-6H2,1H3,(H,13,14). The number of rotatable bonds is 3. The Bertz CT molecular complexity index is 382. The summed E-state index contributed by atoms with van der Waals surface area (Å²) in [5, 5.41) is 0.